The van der Waals surface area contributed by atoms with Gasteiger partial charge in [-0.3, -0.25) is 0 Å². The summed E-state index contributed by atoms with van der Waals surface area (Å²) in [5.74, 6) is 0. The molecule has 116 valence electrons. The first-order valence-corrected chi connectivity index (χ1v) is 8.69. The van der Waals surface area contributed by atoms with Gasteiger partial charge in [0, 0.05) is 12.2 Å². The zero-order chi connectivity index (χ0) is 15.3. The molecule has 0 atom stereocenters. The predicted octanol–water partition coefficient (Wildman–Crippen LogP) is 3.45. The van der Waals surface area contributed by atoms with E-state index in [1.807, 2.05) is 0 Å². The highest BCUT2D eigenvalue weighted by Gasteiger charge is 2.52. The third kappa shape index (κ3) is 2.82. The van der Waals surface area contributed by atoms with E-state index in [0.717, 1.165) is 10.3 Å². The standard InChI is InChI=1S/C15H24BBrN2O2/c1-14(2)15(3,4)21-16(20-14)12-10-19(13(17)18-12)11-8-6-5-7-9-11/h10-11H,5-9H2,1-4H3. The van der Waals surface area contributed by atoms with Crippen molar-refractivity contribution in [3.05, 3.63) is 10.9 Å². The lowest BCUT2D eigenvalue weighted by Gasteiger charge is -2.32. The van der Waals surface area contributed by atoms with Crippen molar-refractivity contribution >= 4 is 28.6 Å². The van der Waals surface area contributed by atoms with E-state index in [0.29, 0.717) is 6.04 Å². The van der Waals surface area contributed by atoms with E-state index in [1.54, 1.807) is 0 Å². The fourth-order valence-corrected chi connectivity index (χ4v) is 3.68. The Balaban J connectivity index is 1.81. The van der Waals surface area contributed by atoms with E-state index in [-0.39, 0.29) is 18.3 Å². The van der Waals surface area contributed by atoms with E-state index in [2.05, 4.69) is 59.4 Å². The van der Waals surface area contributed by atoms with Crippen molar-refractivity contribution in [2.24, 2.45) is 0 Å². The van der Waals surface area contributed by atoms with Gasteiger partial charge >= 0.3 is 7.12 Å². The summed E-state index contributed by atoms with van der Waals surface area (Å²) < 4.78 is 15.3. The Hall–Kier alpha value is -0.325. The maximum Gasteiger partial charge on any atom is 0.516 e. The number of rotatable bonds is 2. The number of hydrogen-bond donors (Lipinski definition) is 0. The predicted molar refractivity (Wildman–Crippen MR) is 87.8 cm³/mol. The number of aromatic nitrogens is 2. The molecule has 2 aliphatic rings. The van der Waals surface area contributed by atoms with Gasteiger partial charge in [0.05, 0.1) is 16.8 Å². The normalized spacial score (nSPS) is 25.5. The molecule has 0 spiro atoms. The van der Waals surface area contributed by atoms with Crippen LogP contribution in [0.4, 0.5) is 0 Å². The Bertz CT molecular complexity index is 508. The molecule has 2 fully saturated rings. The maximum atomic E-state index is 6.09. The van der Waals surface area contributed by atoms with Crippen LogP contribution in [-0.2, 0) is 9.31 Å². The highest BCUT2D eigenvalue weighted by Crippen LogP contribution is 2.37. The Morgan fingerprint density at radius 1 is 1.14 bits per heavy atom. The van der Waals surface area contributed by atoms with Crippen LogP contribution in [0.3, 0.4) is 0 Å². The van der Waals surface area contributed by atoms with Gasteiger partial charge in [0.2, 0.25) is 0 Å². The van der Waals surface area contributed by atoms with Crippen molar-refractivity contribution in [3.63, 3.8) is 0 Å². The van der Waals surface area contributed by atoms with Crippen LogP contribution in [0.2, 0.25) is 0 Å². The van der Waals surface area contributed by atoms with Crippen LogP contribution in [0.15, 0.2) is 10.9 Å². The molecule has 1 aromatic rings. The summed E-state index contributed by atoms with van der Waals surface area (Å²) in [5, 5.41) is 0. The molecular formula is C15H24BBrN2O2. The number of hydrogen-bond acceptors (Lipinski definition) is 3. The molecule has 1 saturated carbocycles. The molecule has 0 amide bonds. The fraction of sp³-hybridized carbons (Fsp3) is 0.800. The SMILES string of the molecule is CC1(C)OB(c2cn(C3CCCCC3)c(Br)n2)OC1(C)C. The molecule has 1 aromatic heterocycles. The van der Waals surface area contributed by atoms with Crippen molar-refractivity contribution in [1.82, 2.24) is 9.55 Å². The molecule has 0 N–H and O–H groups in total. The average molecular weight is 355 g/mol. The van der Waals surface area contributed by atoms with Gasteiger partial charge in [-0.15, -0.1) is 0 Å². The second-order valence-corrected chi connectivity index (χ2v) is 7.93. The third-order valence-corrected chi connectivity index (χ3v) is 5.76. The van der Waals surface area contributed by atoms with Crippen LogP contribution in [-0.4, -0.2) is 27.9 Å². The van der Waals surface area contributed by atoms with Gasteiger partial charge in [0.25, 0.3) is 0 Å². The highest BCUT2D eigenvalue weighted by molar-refractivity contribution is 9.10. The first-order valence-electron chi connectivity index (χ1n) is 7.90. The lowest BCUT2D eigenvalue weighted by molar-refractivity contribution is 0.00578. The average Bonchev–Trinajstić information content (AvgIpc) is 2.89. The van der Waals surface area contributed by atoms with Gasteiger partial charge in [-0.2, -0.15) is 0 Å². The van der Waals surface area contributed by atoms with Crippen molar-refractivity contribution in [1.29, 1.82) is 0 Å². The Kier molecular flexibility index (Phi) is 4.00. The summed E-state index contributed by atoms with van der Waals surface area (Å²) in [7, 11) is -0.379. The molecule has 1 aliphatic heterocycles. The van der Waals surface area contributed by atoms with Crippen molar-refractivity contribution in [3.8, 4) is 0 Å². The van der Waals surface area contributed by atoms with E-state index in [9.17, 15) is 0 Å². The Morgan fingerprint density at radius 2 is 1.71 bits per heavy atom. The first kappa shape index (κ1) is 15.6. The Morgan fingerprint density at radius 3 is 2.29 bits per heavy atom. The summed E-state index contributed by atoms with van der Waals surface area (Å²) in [6.45, 7) is 8.28. The van der Waals surface area contributed by atoms with Crippen LogP contribution in [0.1, 0.15) is 65.8 Å². The molecule has 21 heavy (non-hydrogen) atoms. The lowest BCUT2D eigenvalue weighted by atomic mass is 9.85. The van der Waals surface area contributed by atoms with Crippen molar-refractivity contribution < 1.29 is 9.31 Å². The minimum Gasteiger partial charge on any atom is -0.398 e. The second-order valence-electron chi connectivity index (χ2n) is 7.22. The van der Waals surface area contributed by atoms with Gasteiger partial charge in [0.1, 0.15) is 0 Å². The molecule has 6 heteroatoms. The van der Waals surface area contributed by atoms with Gasteiger partial charge < -0.3 is 13.9 Å². The molecule has 4 nitrogen and oxygen atoms in total. The zero-order valence-electron chi connectivity index (χ0n) is 13.4. The van der Waals surface area contributed by atoms with Gasteiger partial charge in [-0.05, 0) is 56.5 Å². The van der Waals surface area contributed by atoms with E-state index in [4.69, 9.17) is 9.31 Å². The lowest BCUT2D eigenvalue weighted by Crippen LogP contribution is -2.41. The van der Waals surface area contributed by atoms with E-state index in [1.165, 1.54) is 32.1 Å². The minimum atomic E-state index is -0.379. The second kappa shape index (κ2) is 5.39. The fourth-order valence-electron chi connectivity index (χ4n) is 3.08. The number of halogens is 1. The maximum absolute atomic E-state index is 6.09. The summed E-state index contributed by atoms with van der Waals surface area (Å²) in [6, 6.07) is 0.553. The van der Waals surface area contributed by atoms with Crippen LogP contribution in [0, 0.1) is 0 Å². The third-order valence-electron chi connectivity index (χ3n) is 5.17. The first-order chi connectivity index (χ1) is 9.80. The molecule has 1 saturated heterocycles. The van der Waals surface area contributed by atoms with Crippen LogP contribution >= 0.6 is 15.9 Å². The quantitative estimate of drug-likeness (QED) is 0.763. The van der Waals surface area contributed by atoms with Crippen LogP contribution in [0.25, 0.3) is 0 Å². The minimum absolute atomic E-state index is 0.321. The number of imidazole rings is 1. The van der Waals surface area contributed by atoms with Gasteiger partial charge in [-0.25, -0.2) is 4.98 Å². The Labute approximate surface area is 135 Å². The molecule has 0 bridgehead atoms. The molecule has 0 unspecified atom stereocenters. The number of nitrogens with zero attached hydrogens (tertiary/aromatic N) is 2. The smallest absolute Gasteiger partial charge is 0.398 e. The zero-order valence-corrected chi connectivity index (χ0v) is 14.9. The molecule has 1 aliphatic carbocycles. The van der Waals surface area contributed by atoms with E-state index >= 15 is 0 Å². The topological polar surface area (TPSA) is 36.3 Å². The van der Waals surface area contributed by atoms with Crippen LogP contribution in [0.5, 0.6) is 0 Å². The van der Waals surface area contributed by atoms with E-state index < -0.39 is 0 Å². The summed E-state index contributed by atoms with van der Waals surface area (Å²) in [6.07, 6.45) is 8.53. The van der Waals surface area contributed by atoms with Gasteiger partial charge in [0.15, 0.2) is 4.73 Å². The van der Waals surface area contributed by atoms with Crippen molar-refractivity contribution in [2.45, 2.75) is 77.0 Å². The summed E-state index contributed by atoms with van der Waals surface area (Å²) in [5.41, 5.74) is 0.225. The molecule has 3 rings (SSSR count). The molecular weight excluding hydrogens is 331 g/mol. The molecule has 2 heterocycles. The largest absolute Gasteiger partial charge is 0.516 e. The van der Waals surface area contributed by atoms with Crippen LogP contribution < -0.4 is 5.59 Å². The summed E-state index contributed by atoms with van der Waals surface area (Å²) in [4.78, 5) is 4.63. The molecule has 0 radical (unpaired) electrons. The van der Waals surface area contributed by atoms with Crippen molar-refractivity contribution in [2.75, 3.05) is 0 Å². The highest BCUT2D eigenvalue weighted by atomic mass is 79.9. The monoisotopic (exact) mass is 354 g/mol. The molecule has 0 aromatic carbocycles. The summed E-state index contributed by atoms with van der Waals surface area (Å²) >= 11 is 3.60. The van der Waals surface area contributed by atoms with Gasteiger partial charge in [-0.1, -0.05) is 19.3 Å².